The largest absolute Gasteiger partial charge is 0.416 e. The molecule has 5 rings (SSSR count). The predicted octanol–water partition coefficient (Wildman–Crippen LogP) is 4.95. The molecule has 4 aromatic rings. The molecule has 2 aromatic carbocycles. The van der Waals surface area contributed by atoms with Crippen LogP contribution in [0.1, 0.15) is 23.6 Å². The van der Waals surface area contributed by atoms with E-state index in [4.69, 9.17) is 0 Å². The lowest BCUT2D eigenvalue weighted by Crippen LogP contribution is -2.45. The maximum absolute atomic E-state index is 13.7. The van der Waals surface area contributed by atoms with Crippen molar-refractivity contribution in [1.29, 1.82) is 0 Å². The lowest BCUT2D eigenvalue weighted by Gasteiger charge is -2.34. The smallest absolute Gasteiger partial charge is 0.373 e. The summed E-state index contributed by atoms with van der Waals surface area (Å²) in [6.07, 6.45) is -1.77. The highest BCUT2D eigenvalue weighted by atomic mass is 19.4. The minimum atomic E-state index is -4.55. The van der Waals surface area contributed by atoms with Gasteiger partial charge in [0.25, 0.3) is 0 Å². The molecule has 232 valence electrons. The van der Waals surface area contributed by atoms with Gasteiger partial charge in [0.2, 0.25) is 5.95 Å². The highest BCUT2D eigenvalue weighted by Gasteiger charge is 2.31. The number of halogens is 3. The predicted molar refractivity (Wildman–Crippen MR) is 162 cm³/mol. The molecule has 3 heterocycles. The Morgan fingerprint density at radius 3 is 2.39 bits per heavy atom. The number of nitrogens with zero attached hydrogens (tertiary/aromatic N) is 7. The van der Waals surface area contributed by atoms with Gasteiger partial charge in [-0.25, -0.2) is 14.8 Å². The topological polar surface area (TPSA) is 128 Å². The van der Waals surface area contributed by atoms with E-state index in [1.807, 2.05) is 6.92 Å². The highest BCUT2D eigenvalue weighted by molar-refractivity contribution is 6.00. The number of hydrogen-bond donors (Lipinski definition) is 4. The van der Waals surface area contributed by atoms with Crippen LogP contribution in [0.4, 0.5) is 46.8 Å². The van der Waals surface area contributed by atoms with Crippen molar-refractivity contribution >= 4 is 34.9 Å². The number of rotatable bonds is 9. The average molecular weight is 610 g/mol. The number of carbonyl (C=O) groups excluding carboxylic acids is 1. The van der Waals surface area contributed by atoms with Crippen molar-refractivity contribution in [2.75, 3.05) is 61.0 Å². The van der Waals surface area contributed by atoms with Crippen LogP contribution in [0.3, 0.4) is 0 Å². The van der Waals surface area contributed by atoms with E-state index in [1.165, 1.54) is 17.3 Å². The average Bonchev–Trinajstić information content (AvgIpc) is 3.47. The first kappa shape index (κ1) is 30.7. The van der Waals surface area contributed by atoms with E-state index in [1.54, 1.807) is 37.4 Å². The van der Waals surface area contributed by atoms with Crippen LogP contribution < -0.4 is 21.3 Å². The van der Waals surface area contributed by atoms with E-state index in [2.05, 4.69) is 58.0 Å². The van der Waals surface area contributed by atoms with Gasteiger partial charge in [-0.15, -0.1) is 0 Å². The molecule has 1 aliphatic heterocycles. The second-order valence-corrected chi connectivity index (χ2v) is 10.4. The van der Waals surface area contributed by atoms with Gasteiger partial charge in [-0.1, -0.05) is 13.0 Å². The molecule has 2 aromatic heterocycles. The first-order valence-corrected chi connectivity index (χ1v) is 14.1. The normalized spacial score (nSPS) is 14.3. The van der Waals surface area contributed by atoms with Gasteiger partial charge in [-0.05, 0) is 54.9 Å². The van der Waals surface area contributed by atoms with Gasteiger partial charge in [0, 0.05) is 62.9 Å². The van der Waals surface area contributed by atoms with Crippen LogP contribution in [0.2, 0.25) is 0 Å². The summed E-state index contributed by atoms with van der Waals surface area (Å²) in [6, 6.07) is 9.90. The number of alkyl halides is 3. The van der Waals surface area contributed by atoms with Gasteiger partial charge in [0.1, 0.15) is 18.5 Å². The maximum atomic E-state index is 13.7. The molecule has 0 radical (unpaired) electrons. The number of aryl methyl sites for hydroxylation is 1. The Balaban J connectivity index is 1.29. The van der Waals surface area contributed by atoms with Gasteiger partial charge >= 0.3 is 12.2 Å². The minimum Gasteiger partial charge on any atom is -0.373 e. The number of nitrogens with one attached hydrogen (secondary N) is 4. The molecular weight excluding hydrogens is 575 g/mol. The number of carbonyl (C=O) groups is 1. The van der Waals surface area contributed by atoms with Gasteiger partial charge in [-0.3, -0.25) is 4.90 Å². The number of piperazine rings is 1. The summed E-state index contributed by atoms with van der Waals surface area (Å²) >= 11 is 0. The summed E-state index contributed by atoms with van der Waals surface area (Å²) in [7, 11) is 1.74. The molecule has 1 saturated heterocycles. The number of hydrogen-bond acceptors (Lipinski definition) is 9. The van der Waals surface area contributed by atoms with Crippen molar-refractivity contribution < 1.29 is 18.0 Å². The summed E-state index contributed by atoms with van der Waals surface area (Å²) in [6.45, 7) is 8.55. The Morgan fingerprint density at radius 2 is 1.66 bits per heavy atom. The molecule has 12 nitrogen and oxygen atoms in total. The fraction of sp³-hybridized carbons (Fsp3) is 0.345. The van der Waals surface area contributed by atoms with E-state index < -0.39 is 17.8 Å². The first-order chi connectivity index (χ1) is 21.1. The molecule has 0 spiro atoms. The second-order valence-electron chi connectivity index (χ2n) is 10.4. The van der Waals surface area contributed by atoms with Crippen molar-refractivity contribution in [1.82, 2.24) is 34.5 Å². The molecule has 4 N–H and O–H groups in total. The number of urea groups is 1. The van der Waals surface area contributed by atoms with E-state index in [9.17, 15) is 18.0 Å². The summed E-state index contributed by atoms with van der Waals surface area (Å²) in [5.41, 5.74) is 1.63. The fourth-order valence-corrected chi connectivity index (χ4v) is 4.88. The third-order valence-electron chi connectivity index (χ3n) is 7.31. The fourth-order valence-electron chi connectivity index (χ4n) is 4.88. The Kier molecular flexibility index (Phi) is 9.25. The molecule has 2 amide bonds. The Hall–Kier alpha value is -4.76. The van der Waals surface area contributed by atoms with Crippen LogP contribution >= 0.6 is 0 Å². The number of amides is 2. The van der Waals surface area contributed by atoms with Crippen LogP contribution in [0.5, 0.6) is 0 Å². The van der Waals surface area contributed by atoms with Crippen molar-refractivity contribution in [3.8, 4) is 5.82 Å². The lowest BCUT2D eigenvalue weighted by atomic mass is 10.1. The summed E-state index contributed by atoms with van der Waals surface area (Å²) in [5, 5.41) is 15.7. The maximum Gasteiger partial charge on any atom is 0.416 e. The number of likely N-dealkylation sites (N-methyl/N-ethyl adjacent to an activating group) is 1. The quantitative estimate of drug-likeness (QED) is 0.208. The summed E-state index contributed by atoms with van der Waals surface area (Å²) in [5.74, 6) is 1.47. The van der Waals surface area contributed by atoms with Crippen LogP contribution in [0.15, 0.2) is 55.1 Å². The molecule has 15 heteroatoms. The zero-order chi connectivity index (χ0) is 31.3. The molecule has 0 aliphatic carbocycles. The standard InChI is InChI=1S/C29H34F3N11O/c1-4-41-7-9-42(10-8-41)16-20-11-21(29(30,31)32)13-23(12-20)39-28(44)38-22-6-5-19(2)24(14-22)40-27-36-18-37-43(27)26-15-25(33-3)34-17-35-26/h5-6,11-15,17-18H,4,7-10,16H2,1-3H3,(H,33,34,35)(H,36,37,40)(H2,38,39,44). The number of anilines is 5. The summed E-state index contributed by atoms with van der Waals surface area (Å²) in [4.78, 5) is 30.0. The Labute approximate surface area is 252 Å². The summed E-state index contributed by atoms with van der Waals surface area (Å²) < 4.78 is 42.7. The molecule has 0 saturated carbocycles. The van der Waals surface area contributed by atoms with Gasteiger partial charge < -0.3 is 26.2 Å². The van der Waals surface area contributed by atoms with E-state index in [0.717, 1.165) is 50.4 Å². The molecule has 0 bridgehead atoms. The molecule has 0 unspecified atom stereocenters. The van der Waals surface area contributed by atoms with Crippen LogP contribution in [0, 0.1) is 6.92 Å². The zero-order valence-electron chi connectivity index (χ0n) is 24.6. The third-order valence-corrected chi connectivity index (χ3v) is 7.31. The van der Waals surface area contributed by atoms with E-state index in [0.29, 0.717) is 41.1 Å². The van der Waals surface area contributed by atoms with Gasteiger partial charge in [0.15, 0.2) is 5.82 Å². The number of aromatic nitrogens is 5. The van der Waals surface area contributed by atoms with E-state index >= 15 is 0 Å². The highest BCUT2D eigenvalue weighted by Crippen LogP contribution is 2.33. The van der Waals surface area contributed by atoms with Gasteiger partial charge in [0.05, 0.1) is 5.56 Å². The van der Waals surface area contributed by atoms with Crippen molar-refractivity contribution in [2.45, 2.75) is 26.6 Å². The molecule has 0 atom stereocenters. The van der Waals surface area contributed by atoms with Crippen molar-refractivity contribution in [3.63, 3.8) is 0 Å². The Bertz CT molecular complexity index is 1600. The molecule has 1 aliphatic rings. The third kappa shape index (κ3) is 7.60. The lowest BCUT2D eigenvalue weighted by molar-refractivity contribution is -0.137. The van der Waals surface area contributed by atoms with Crippen molar-refractivity contribution in [2.24, 2.45) is 0 Å². The van der Waals surface area contributed by atoms with Crippen LogP contribution in [-0.4, -0.2) is 80.3 Å². The SMILES string of the molecule is CCN1CCN(Cc2cc(NC(=O)Nc3ccc(C)c(Nc4ncnn4-c4cc(NC)ncn4)c3)cc(C(F)(F)F)c2)CC1. The Morgan fingerprint density at radius 1 is 0.909 bits per heavy atom. The first-order valence-electron chi connectivity index (χ1n) is 14.1. The monoisotopic (exact) mass is 609 g/mol. The van der Waals surface area contributed by atoms with E-state index in [-0.39, 0.29) is 5.69 Å². The molecular formula is C29H34F3N11O. The minimum absolute atomic E-state index is 0.0591. The number of benzene rings is 2. The van der Waals surface area contributed by atoms with Gasteiger partial charge in [-0.2, -0.15) is 27.9 Å². The zero-order valence-corrected chi connectivity index (χ0v) is 24.6. The second kappa shape index (κ2) is 13.3. The van der Waals surface area contributed by atoms with Crippen LogP contribution in [-0.2, 0) is 12.7 Å². The molecule has 1 fully saturated rings. The van der Waals surface area contributed by atoms with Crippen molar-refractivity contribution in [3.05, 3.63) is 71.8 Å². The molecule has 44 heavy (non-hydrogen) atoms. The van der Waals surface area contributed by atoms with Crippen LogP contribution in [0.25, 0.3) is 5.82 Å².